The molecular formula is C24H20O6. The van der Waals surface area contributed by atoms with Crippen molar-refractivity contribution in [1.29, 1.82) is 0 Å². The Hall–Kier alpha value is -2.64. The van der Waals surface area contributed by atoms with Gasteiger partial charge in [0, 0.05) is 34.2 Å². The fourth-order valence-electron chi connectivity index (χ4n) is 5.27. The molecule has 1 unspecified atom stereocenters. The van der Waals surface area contributed by atoms with E-state index in [9.17, 15) is 9.59 Å². The Morgan fingerprint density at radius 3 is 2.07 bits per heavy atom. The Morgan fingerprint density at radius 1 is 0.733 bits per heavy atom. The summed E-state index contributed by atoms with van der Waals surface area (Å²) in [5, 5.41) is 0. The summed E-state index contributed by atoms with van der Waals surface area (Å²) in [5.41, 5.74) is 3.11. The molecule has 2 aliphatic heterocycles. The topological polar surface area (TPSA) is 71.1 Å². The van der Waals surface area contributed by atoms with Crippen LogP contribution in [0.3, 0.4) is 0 Å². The number of hydrogen-bond acceptors (Lipinski definition) is 6. The molecule has 2 heterocycles. The SMILES string of the molecule is O=C1C=C(C2CC(=O)c3ccccc3C23OCCO3)C2(OCCO2)c2ccccc21. The van der Waals surface area contributed by atoms with Crippen molar-refractivity contribution < 1.29 is 28.5 Å². The summed E-state index contributed by atoms with van der Waals surface area (Å²) in [6, 6.07) is 14.7. The smallest absolute Gasteiger partial charge is 0.220 e. The molecule has 0 bridgehead atoms. The Labute approximate surface area is 173 Å². The molecule has 0 saturated carbocycles. The predicted octanol–water partition coefficient (Wildman–Crippen LogP) is 3.11. The van der Waals surface area contributed by atoms with Crippen LogP contribution >= 0.6 is 0 Å². The Morgan fingerprint density at radius 2 is 1.33 bits per heavy atom. The molecule has 0 amide bonds. The van der Waals surface area contributed by atoms with Gasteiger partial charge in [-0.1, -0.05) is 48.5 Å². The maximum absolute atomic E-state index is 13.1. The maximum atomic E-state index is 13.1. The van der Waals surface area contributed by atoms with Gasteiger partial charge in [0.1, 0.15) is 0 Å². The molecule has 2 saturated heterocycles. The van der Waals surface area contributed by atoms with E-state index in [4.69, 9.17) is 18.9 Å². The summed E-state index contributed by atoms with van der Waals surface area (Å²) in [6.45, 7) is 1.61. The van der Waals surface area contributed by atoms with Crippen LogP contribution in [0.1, 0.15) is 38.3 Å². The van der Waals surface area contributed by atoms with Gasteiger partial charge in [-0.05, 0) is 6.08 Å². The molecule has 0 N–H and O–H groups in total. The van der Waals surface area contributed by atoms with Crippen molar-refractivity contribution in [3.63, 3.8) is 0 Å². The fourth-order valence-corrected chi connectivity index (χ4v) is 5.27. The van der Waals surface area contributed by atoms with Crippen molar-refractivity contribution in [2.75, 3.05) is 26.4 Å². The molecule has 1 atom stereocenters. The minimum Gasteiger partial charge on any atom is -0.343 e. The maximum Gasteiger partial charge on any atom is 0.220 e. The van der Waals surface area contributed by atoms with Gasteiger partial charge in [0.25, 0.3) is 0 Å². The lowest BCUT2D eigenvalue weighted by Gasteiger charge is -2.46. The third-order valence-electron chi connectivity index (χ3n) is 6.45. The van der Waals surface area contributed by atoms with Gasteiger partial charge < -0.3 is 18.9 Å². The van der Waals surface area contributed by atoms with Crippen molar-refractivity contribution in [2.45, 2.75) is 18.0 Å². The van der Waals surface area contributed by atoms with Crippen LogP contribution in [0.2, 0.25) is 0 Å². The zero-order chi connectivity index (χ0) is 20.3. The molecule has 6 heteroatoms. The summed E-state index contributed by atoms with van der Waals surface area (Å²) in [4.78, 5) is 26.2. The van der Waals surface area contributed by atoms with E-state index in [0.29, 0.717) is 54.3 Å². The summed E-state index contributed by atoms with van der Waals surface area (Å²) in [5.74, 6) is -3.06. The van der Waals surface area contributed by atoms with Crippen molar-refractivity contribution in [2.24, 2.45) is 5.92 Å². The molecule has 0 radical (unpaired) electrons. The number of benzene rings is 2. The van der Waals surface area contributed by atoms with Crippen LogP contribution in [-0.2, 0) is 30.5 Å². The highest BCUT2D eigenvalue weighted by Gasteiger charge is 2.59. The van der Waals surface area contributed by atoms with Crippen LogP contribution in [-0.4, -0.2) is 38.0 Å². The van der Waals surface area contributed by atoms with E-state index < -0.39 is 17.5 Å². The highest BCUT2D eigenvalue weighted by molar-refractivity contribution is 6.08. The van der Waals surface area contributed by atoms with E-state index in [2.05, 4.69) is 0 Å². The molecule has 2 aromatic rings. The standard InChI is InChI=1S/C24H20O6/c25-21-13-19(23(27-9-10-28-23)17-7-3-1-5-15(17)21)20-14-22(26)16-6-2-4-8-18(16)24(20)29-11-12-30-24/h1-8,13,20H,9-12,14H2. The van der Waals surface area contributed by atoms with E-state index in [1.54, 1.807) is 18.2 Å². The zero-order valence-corrected chi connectivity index (χ0v) is 16.3. The summed E-state index contributed by atoms with van der Waals surface area (Å²) in [6.07, 6.45) is 1.71. The van der Waals surface area contributed by atoms with Crippen LogP contribution < -0.4 is 0 Å². The van der Waals surface area contributed by atoms with Crippen LogP contribution in [0.25, 0.3) is 0 Å². The van der Waals surface area contributed by atoms with Gasteiger partial charge in [-0.2, -0.15) is 0 Å². The predicted molar refractivity (Wildman–Crippen MR) is 105 cm³/mol. The van der Waals surface area contributed by atoms with Crippen molar-refractivity contribution in [3.8, 4) is 0 Å². The third kappa shape index (κ3) is 2.27. The van der Waals surface area contributed by atoms with Gasteiger partial charge in [-0.25, -0.2) is 0 Å². The minimum atomic E-state index is -1.22. The number of carbonyl (C=O) groups is 2. The second-order valence-electron chi connectivity index (χ2n) is 7.91. The first-order chi connectivity index (χ1) is 14.7. The second kappa shape index (κ2) is 6.43. The monoisotopic (exact) mass is 404 g/mol. The van der Waals surface area contributed by atoms with Gasteiger partial charge in [0.15, 0.2) is 11.6 Å². The van der Waals surface area contributed by atoms with Crippen molar-refractivity contribution >= 4 is 11.6 Å². The van der Waals surface area contributed by atoms with Gasteiger partial charge >= 0.3 is 0 Å². The van der Waals surface area contributed by atoms with E-state index >= 15 is 0 Å². The van der Waals surface area contributed by atoms with Crippen LogP contribution in [0.15, 0.2) is 60.2 Å². The number of carbonyl (C=O) groups excluding carboxylic acids is 2. The lowest BCUT2D eigenvalue weighted by molar-refractivity contribution is -0.217. The quantitative estimate of drug-likeness (QED) is 0.727. The lowest BCUT2D eigenvalue weighted by atomic mass is 9.69. The molecule has 6 rings (SSSR count). The first-order valence-corrected chi connectivity index (χ1v) is 10.2. The number of fused-ring (bicyclic) bond motifs is 4. The number of allylic oxidation sites excluding steroid dienone is 1. The average molecular weight is 404 g/mol. The molecule has 2 fully saturated rings. The largest absolute Gasteiger partial charge is 0.343 e. The fraction of sp³-hybridized carbons (Fsp3) is 0.333. The first kappa shape index (κ1) is 18.2. The minimum absolute atomic E-state index is 0.0133. The number of Topliss-reactive ketones (excluding diaryl/α,β-unsaturated/α-hetero) is 1. The van der Waals surface area contributed by atoms with Crippen LogP contribution in [0.5, 0.6) is 0 Å². The molecule has 4 aliphatic rings. The van der Waals surface area contributed by atoms with Gasteiger partial charge in [0.2, 0.25) is 11.6 Å². The zero-order valence-electron chi connectivity index (χ0n) is 16.3. The number of hydrogen-bond donors (Lipinski definition) is 0. The van der Waals surface area contributed by atoms with Crippen LogP contribution in [0, 0.1) is 5.92 Å². The van der Waals surface area contributed by atoms with E-state index in [1.807, 2.05) is 36.4 Å². The summed E-state index contributed by atoms with van der Waals surface area (Å²) >= 11 is 0. The Kier molecular flexibility index (Phi) is 3.89. The van der Waals surface area contributed by atoms with Crippen molar-refractivity contribution in [3.05, 3.63) is 82.4 Å². The Balaban J connectivity index is 1.58. The molecule has 2 spiro atoms. The number of rotatable bonds is 1. The normalized spacial score (nSPS) is 26.0. The second-order valence-corrected chi connectivity index (χ2v) is 7.91. The summed E-state index contributed by atoms with van der Waals surface area (Å²) in [7, 11) is 0. The molecule has 152 valence electrons. The molecule has 2 aliphatic carbocycles. The molecule has 30 heavy (non-hydrogen) atoms. The van der Waals surface area contributed by atoms with Crippen LogP contribution in [0.4, 0.5) is 0 Å². The number of ether oxygens (including phenoxy) is 4. The molecule has 2 aromatic carbocycles. The van der Waals surface area contributed by atoms with E-state index in [0.717, 1.165) is 0 Å². The molecule has 6 nitrogen and oxygen atoms in total. The molecular weight excluding hydrogens is 384 g/mol. The highest BCUT2D eigenvalue weighted by atomic mass is 16.7. The van der Waals surface area contributed by atoms with E-state index in [-0.39, 0.29) is 18.0 Å². The van der Waals surface area contributed by atoms with Gasteiger partial charge in [-0.15, -0.1) is 0 Å². The lowest BCUT2D eigenvalue weighted by Crippen LogP contribution is -2.49. The summed E-state index contributed by atoms with van der Waals surface area (Å²) < 4.78 is 24.8. The van der Waals surface area contributed by atoms with Gasteiger partial charge in [0.05, 0.1) is 32.3 Å². The third-order valence-corrected chi connectivity index (χ3v) is 6.45. The highest BCUT2D eigenvalue weighted by Crippen LogP contribution is 2.55. The molecule has 0 aromatic heterocycles. The number of ketones is 2. The average Bonchev–Trinajstić information content (AvgIpc) is 3.46. The first-order valence-electron chi connectivity index (χ1n) is 10.2. The Bertz CT molecular complexity index is 1090. The van der Waals surface area contributed by atoms with Gasteiger partial charge in [-0.3, -0.25) is 9.59 Å². The van der Waals surface area contributed by atoms with Crippen molar-refractivity contribution in [1.82, 2.24) is 0 Å². The van der Waals surface area contributed by atoms with E-state index in [1.165, 1.54) is 0 Å².